The fraction of sp³-hybridized carbons (Fsp3) is 0.308. The Labute approximate surface area is 135 Å². The van der Waals surface area contributed by atoms with Crippen LogP contribution in [0, 0.1) is 5.82 Å². The van der Waals surface area contributed by atoms with Gasteiger partial charge in [-0.25, -0.2) is 4.39 Å². The first-order valence-electron chi connectivity index (χ1n) is 6.34. The molecule has 0 aliphatic rings. The highest BCUT2D eigenvalue weighted by Crippen LogP contribution is 2.23. The van der Waals surface area contributed by atoms with E-state index in [1.165, 1.54) is 6.07 Å². The van der Waals surface area contributed by atoms with Crippen LogP contribution in [-0.2, 0) is 4.74 Å². The zero-order chi connectivity index (χ0) is 15.9. The molecule has 0 amide bonds. The highest BCUT2D eigenvalue weighted by atomic mass is 79.9. The molecule has 2 rings (SSSR count). The summed E-state index contributed by atoms with van der Waals surface area (Å²) in [5.41, 5.74) is 1.01. The Bertz CT molecular complexity index is 662. The van der Waals surface area contributed by atoms with Gasteiger partial charge in [0.1, 0.15) is 11.5 Å². The van der Waals surface area contributed by atoms with Crippen molar-refractivity contribution in [3.8, 4) is 0 Å². The Morgan fingerprint density at radius 1 is 1.50 bits per heavy atom. The molecular formula is C13H14BrFN5O2-. The number of anilines is 1. The zero-order valence-electron chi connectivity index (χ0n) is 12.0. The van der Waals surface area contributed by atoms with Crippen molar-refractivity contribution in [1.82, 2.24) is 10.3 Å². The molecule has 0 aliphatic heterocycles. The van der Waals surface area contributed by atoms with Crippen LogP contribution in [0.1, 0.15) is 5.69 Å². The maximum absolute atomic E-state index is 13.3. The van der Waals surface area contributed by atoms with Gasteiger partial charge in [-0.3, -0.25) is 10.1 Å². The van der Waals surface area contributed by atoms with Crippen LogP contribution in [0.3, 0.4) is 0 Å². The minimum absolute atomic E-state index is 0.325. The van der Waals surface area contributed by atoms with Crippen LogP contribution < -0.4 is 5.32 Å². The number of rotatable bonds is 6. The lowest BCUT2D eigenvalue weighted by Crippen LogP contribution is -2.14. The first kappa shape index (κ1) is 16.4. The van der Waals surface area contributed by atoms with Crippen molar-refractivity contribution in [3.05, 3.63) is 39.5 Å². The van der Waals surface area contributed by atoms with Crippen LogP contribution >= 0.6 is 15.9 Å². The van der Waals surface area contributed by atoms with Gasteiger partial charge in [-0.1, -0.05) is 5.16 Å². The van der Waals surface area contributed by atoms with Crippen LogP contribution in [0.15, 0.2) is 32.3 Å². The quantitative estimate of drug-likeness (QED) is 0.479. The minimum Gasteiger partial charge on any atom is -0.459 e. The summed E-state index contributed by atoms with van der Waals surface area (Å²) in [7, 11) is 3.18. The lowest BCUT2D eigenvalue weighted by Gasteiger charge is -2.13. The number of ether oxygens (including phenoxy) is 1. The van der Waals surface area contributed by atoms with E-state index in [1.54, 1.807) is 26.3 Å². The SMILES string of the molecule is CN=C(Nc1ccc(F)c(Br)c1)c1nonc1[N-]CCOC. The molecule has 0 atom stereocenters. The number of aliphatic imine (C=N–C) groups is 1. The van der Waals surface area contributed by atoms with Gasteiger partial charge in [-0.15, -0.1) is 0 Å². The van der Waals surface area contributed by atoms with Crippen molar-refractivity contribution in [3.63, 3.8) is 0 Å². The Balaban J connectivity index is 2.15. The van der Waals surface area contributed by atoms with Crippen molar-refractivity contribution < 1.29 is 13.8 Å². The largest absolute Gasteiger partial charge is 0.459 e. The molecule has 7 nitrogen and oxygen atoms in total. The van der Waals surface area contributed by atoms with E-state index < -0.39 is 0 Å². The van der Waals surface area contributed by atoms with Crippen LogP contribution in [0.4, 0.5) is 15.9 Å². The van der Waals surface area contributed by atoms with Gasteiger partial charge < -0.3 is 20.0 Å². The summed E-state index contributed by atoms with van der Waals surface area (Å²) >= 11 is 3.13. The fourth-order valence-electron chi connectivity index (χ4n) is 1.61. The van der Waals surface area contributed by atoms with Crippen molar-refractivity contribution in [2.24, 2.45) is 4.99 Å². The van der Waals surface area contributed by atoms with Gasteiger partial charge in [0, 0.05) is 32.3 Å². The smallest absolute Gasteiger partial charge is 0.154 e. The maximum Gasteiger partial charge on any atom is 0.154 e. The van der Waals surface area contributed by atoms with Crippen LogP contribution in [0.25, 0.3) is 5.32 Å². The first-order chi connectivity index (χ1) is 10.7. The normalized spacial score (nSPS) is 11.5. The predicted octanol–water partition coefficient (Wildman–Crippen LogP) is 3.11. The predicted molar refractivity (Wildman–Crippen MR) is 84.2 cm³/mol. The molecule has 1 aromatic heterocycles. The molecule has 9 heteroatoms. The highest BCUT2D eigenvalue weighted by Gasteiger charge is 2.11. The summed E-state index contributed by atoms with van der Waals surface area (Å²) in [5, 5.41) is 14.8. The second-order valence-electron chi connectivity index (χ2n) is 4.14. The summed E-state index contributed by atoms with van der Waals surface area (Å²) in [6.45, 7) is 0.889. The van der Waals surface area contributed by atoms with Crippen molar-refractivity contribution in [1.29, 1.82) is 0 Å². The van der Waals surface area contributed by atoms with Gasteiger partial charge in [0.15, 0.2) is 5.84 Å². The molecule has 0 spiro atoms. The zero-order valence-corrected chi connectivity index (χ0v) is 13.6. The number of nitrogens with zero attached hydrogens (tertiary/aromatic N) is 4. The van der Waals surface area contributed by atoms with Gasteiger partial charge in [-0.05, 0) is 40.7 Å². The molecular weight excluding hydrogens is 357 g/mol. The van der Waals surface area contributed by atoms with E-state index in [9.17, 15) is 4.39 Å². The minimum atomic E-state index is -0.348. The average Bonchev–Trinajstić information content (AvgIpc) is 2.97. The molecule has 0 fully saturated rings. The molecule has 0 saturated carbocycles. The van der Waals surface area contributed by atoms with Gasteiger partial charge in [-0.2, -0.15) is 0 Å². The van der Waals surface area contributed by atoms with Gasteiger partial charge in [0.2, 0.25) is 0 Å². The highest BCUT2D eigenvalue weighted by molar-refractivity contribution is 9.10. The lowest BCUT2D eigenvalue weighted by molar-refractivity contribution is 0.212. The number of methoxy groups -OCH3 is 1. The summed E-state index contributed by atoms with van der Waals surface area (Å²) in [4.78, 5) is 4.11. The van der Waals surface area contributed by atoms with Crippen molar-refractivity contribution in [2.45, 2.75) is 0 Å². The molecule has 1 heterocycles. The molecule has 0 unspecified atom stereocenters. The third-order valence-corrected chi connectivity index (χ3v) is 3.27. The van der Waals surface area contributed by atoms with Crippen molar-refractivity contribution in [2.75, 3.05) is 32.6 Å². The number of amidine groups is 1. The third-order valence-electron chi connectivity index (χ3n) is 2.66. The van der Waals surface area contributed by atoms with E-state index in [0.717, 1.165) is 0 Å². The van der Waals surface area contributed by atoms with Crippen molar-refractivity contribution >= 4 is 33.3 Å². The lowest BCUT2D eigenvalue weighted by atomic mass is 10.3. The summed E-state index contributed by atoms with van der Waals surface area (Å²) in [6, 6.07) is 4.51. The number of hydrogen-bond donors (Lipinski definition) is 1. The van der Waals surface area contributed by atoms with E-state index in [4.69, 9.17) is 9.37 Å². The number of aromatic nitrogens is 2. The molecule has 0 aliphatic carbocycles. The van der Waals surface area contributed by atoms with Gasteiger partial charge >= 0.3 is 0 Å². The molecule has 0 radical (unpaired) electrons. The maximum atomic E-state index is 13.3. The second-order valence-corrected chi connectivity index (χ2v) is 4.99. The molecule has 22 heavy (non-hydrogen) atoms. The second kappa shape index (κ2) is 7.85. The molecule has 118 valence electrons. The molecule has 2 aromatic rings. The number of nitrogens with one attached hydrogen (secondary N) is 1. The third kappa shape index (κ3) is 4.01. The Hall–Kier alpha value is -2.00. The Morgan fingerprint density at radius 2 is 2.32 bits per heavy atom. The topological polar surface area (TPSA) is 86.6 Å². The van der Waals surface area contributed by atoms with Crippen LogP contribution in [0.2, 0.25) is 0 Å². The van der Waals surface area contributed by atoms with Crippen LogP contribution in [0.5, 0.6) is 0 Å². The average molecular weight is 371 g/mol. The standard InChI is InChI=1S/C13H14BrFN5O2/c1-16-12(18-8-3-4-10(15)9(14)7-8)11-13(20-22-19-11)17-5-6-21-2/h3-4,7H,5-6H2,1-2H3,(H-,16,17,18,20)/q-1. The Morgan fingerprint density at radius 3 is 3.00 bits per heavy atom. The van der Waals surface area contributed by atoms with Crippen LogP contribution in [-0.4, -0.2) is 43.5 Å². The van der Waals surface area contributed by atoms with E-state index >= 15 is 0 Å². The molecule has 0 bridgehead atoms. The number of benzene rings is 1. The van der Waals surface area contributed by atoms with Gasteiger partial charge in [0.05, 0.1) is 4.47 Å². The van der Waals surface area contributed by atoms with E-state index in [1.807, 2.05) is 0 Å². The summed E-state index contributed by atoms with van der Waals surface area (Å²) in [6.07, 6.45) is 0. The molecule has 1 N–H and O–H groups in total. The monoisotopic (exact) mass is 370 g/mol. The van der Waals surface area contributed by atoms with E-state index in [2.05, 4.69) is 41.9 Å². The van der Waals surface area contributed by atoms with Gasteiger partial charge in [0.25, 0.3) is 0 Å². The van der Waals surface area contributed by atoms with E-state index in [-0.39, 0.29) is 5.82 Å². The first-order valence-corrected chi connectivity index (χ1v) is 7.13. The summed E-state index contributed by atoms with van der Waals surface area (Å²) in [5.74, 6) is 0.390. The number of hydrogen-bond acceptors (Lipinski definition) is 5. The van der Waals surface area contributed by atoms with E-state index in [0.29, 0.717) is 40.7 Å². The summed E-state index contributed by atoms with van der Waals surface area (Å²) < 4.78 is 23.2. The molecule has 0 saturated heterocycles. The fourth-order valence-corrected chi connectivity index (χ4v) is 1.99. The number of halogens is 2. The Kier molecular flexibility index (Phi) is 5.84. The molecule has 1 aromatic carbocycles.